The van der Waals surface area contributed by atoms with E-state index >= 15 is 0 Å². The van der Waals surface area contributed by atoms with Gasteiger partial charge in [-0.2, -0.15) is 0 Å². The minimum absolute atomic E-state index is 0.250. The van der Waals surface area contributed by atoms with Gasteiger partial charge in [-0.25, -0.2) is 4.79 Å². The zero-order chi connectivity index (χ0) is 17.9. The van der Waals surface area contributed by atoms with E-state index < -0.39 is 17.9 Å². The van der Waals surface area contributed by atoms with Crippen molar-refractivity contribution >= 4 is 69.5 Å². The van der Waals surface area contributed by atoms with Gasteiger partial charge in [-0.3, -0.25) is 9.69 Å². The third-order valence-electron chi connectivity index (χ3n) is 3.50. The Morgan fingerprint density at radius 3 is 2.75 bits per heavy atom. The molecule has 0 radical (unpaired) electrons. The first-order chi connectivity index (χ1) is 11.3. The second kappa shape index (κ2) is 8.34. The van der Waals surface area contributed by atoms with Crippen molar-refractivity contribution in [2.45, 2.75) is 32.2 Å². The van der Waals surface area contributed by atoms with Crippen molar-refractivity contribution in [3.63, 3.8) is 0 Å². The van der Waals surface area contributed by atoms with Crippen LogP contribution < -0.4 is 0 Å². The highest BCUT2D eigenvalue weighted by molar-refractivity contribution is 8.26. The fourth-order valence-electron chi connectivity index (χ4n) is 2.27. The van der Waals surface area contributed by atoms with Gasteiger partial charge < -0.3 is 5.11 Å². The van der Waals surface area contributed by atoms with Crippen molar-refractivity contribution in [1.82, 2.24) is 4.90 Å². The SMILES string of the molecule is CCCC[C@@H](C(=O)O)N1C(=O)/C(=C/c2ccc(Cl)cc2Cl)SC1=S. The Bertz CT molecular complexity index is 721. The average Bonchev–Trinajstić information content (AvgIpc) is 2.78. The lowest BCUT2D eigenvalue weighted by Crippen LogP contribution is -2.43. The number of thioether (sulfide) groups is 1. The van der Waals surface area contributed by atoms with Crippen LogP contribution in [0, 0.1) is 0 Å². The minimum atomic E-state index is -1.05. The van der Waals surface area contributed by atoms with E-state index in [0.29, 0.717) is 33.4 Å². The van der Waals surface area contributed by atoms with E-state index in [9.17, 15) is 14.7 Å². The topological polar surface area (TPSA) is 57.6 Å². The molecule has 1 aromatic carbocycles. The van der Waals surface area contributed by atoms with Crippen LogP contribution in [0.2, 0.25) is 10.0 Å². The molecule has 1 amide bonds. The number of carbonyl (C=O) groups is 2. The third-order valence-corrected chi connectivity index (χ3v) is 5.39. The fraction of sp³-hybridized carbons (Fsp3) is 0.312. The van der Waals surface area contributed by atoms with Crippen LogP contribution in [0.25, 0.3) is 6.08 Å². The van der Waals surface area contributed by atoms with Gasteiger partial charge in [0.25, 0.3) is 5.91 Å². The predicted octanol–water partition coefficient (Wildman–Crippen LogP) is 4.84. The van der Waals surface area contributed by atoms with Crippen molar-refractivity contribution in [3.05, 3.63) is 38.7 Å². The molecule has 4 nitrogen and oxygen atoms in total. The Hall–Kier alpha value is -1.08. The summed E-state index contributed by atoms with van der Waals surface area (Å²) in [6.07, 6.45) is 3.52. The predicted molar refractivity (Wildman–Crippen MR) is 102 cm³/mol. The Balaban J connectivity index is 2.30. The molecule has 1 heterocycles. The molecular weight excluding hydrogens is 389 g/mol. The van der Waals surface area contributed by atoms with Crippen LogP contribution >= 0.6 is 47.2 Å². The third kappa shape index (κ3) is 4.30. The molecule has 1 aliphatic rings. The maximum Gasteiger partial charge on any atom is 0.326 e. The molecular formula is C16H15Cl2NO3S2. The lowest BCUT2D eigenvalue weighted by Gasteiger charge is -2.22. The van der Waals surface area contributed by atoms with Gasteiger partial charge in [0, 0.05) is 10.0 Å². The van der Waals surface area contributed by atoms with E-state index in [0.717, 1.165) is 18.2 Å². The standard InChI is InChI=1S/C16H15Cl2NO3S2/c1-2-3-4-12(15(21)22)19-14(20)13(24-16(19)23)7-9-5-6-10(17)8-11(9)18/h5-8,12H,2-4H2,1H3,(H,21,22)/b13-7-/t12-/m0/s1. The maximum absolute atomic E-state index is 12.6. The summed E-state index contributed by atoms with van der Waals surface area (Å²) < 4.78 is 0.250. The molecule has 0 aliphatic carbocycles. The molecule has 128 valence electrons. The summed E-state index contributed by atoms with van der Waals surface area (Å²) in [4.78, 5) is 25.7. The Morgan fingerprint density at radius 1 is 1.46 bits per heavy atom. The molecule has 8 heteroatoms. The first kappa shape index (κ1) is 19.2. The van der Waals surface area contributed by atoms with Crippen molar-refractivity contribution < 1.29 is 14.7 Å². The van der Waals surface area contributed by atoms with Gasteiger partial charge in [0.15, 0.2) is 0 Å². The molecule has 1 saturated heterocycles. The van der Waals surface area contributed by atoms with Crippen LogP contribution in [-0.2, 0) is 9.59 Å². The summed E-state index contributed by atoms with van der Waals surface area (Å²) in [6, 6.07) is 4.01. The van der Waals surface area contributed by atoms with E-state index in [1.807, 2.05) is 6.92 Å². The number of amides is 1. The number of benzene rings is 1. The molecule has 1 fully saturated rings. The van der Waals surface area contributed by atoms with Crippen LogP contribution in [0.1, 0.15) is 31.7 Å². The second-order valence-electron chi connectivity index (χ2n) is 5.21. The number of nitrogens with zero attached hydrogens (tertiary/aromatic N) is 1. The van der Waals surface area contributed by atoms with Crippen molar-refractivity contribution in [2.24, 2.45) is 0 Å². The lowest BCUT2D eigenvalue weighted by molar-refractivity contribution is -0.145. The number of carbonyl (C=O) groups excluding carboxylic acids is 1. The summed E-state index contributed by atoms with van der Waals surface area (Å²) in [5, 5.41) is 10.3. The zero-order valence-electron chi connectivity index (χ0n) is 12.8. The summed E-state index contributed by atoms with van der Waals surface area (Å²) in [7, 11) is 0. The number of rotatable bonds is 6. The van der Waals surface area contributed by atoms with E-state index in [1.165, 1.54) is 4.90 Å². The fourth-order valence-corrected chi connectivity index (χ4v) is 4.08. The molecule has 0 saturated carbocycles. The van der Waals surface area contributed by atoms with E-state index in [4.69, 9.17) is 35.4 Å². The highest BCUT2D eigenvalue weighted by Gasteiger charge is 2.40. The molecule has 0 unspecified atom stereocenters. The summed E-state index contributed by atoms with van der Waals surface area (Å²) in [5.74, 6) is -1.45. The monoisotopic (exact) mass is 403 g/mol. The number of carboxylic acid groups (broad SMARTS) is 1. The molecule has 0 aromatic heterocycles. The quantitative estimate of drug-likeness (QED) is 0.543. The minimum Gasteiger partial charge on any atom is -0.480 e. The first-order valence-corrected chi connectivity index (χ1v) is 9.28. The Morgan fingerprint density at radius 2 is 2.17 bits per heavy atom. The van der Waals surface area contributed by atoms with Gasteiger partial charge in [0.1, 0.15) is 10.4 Å². The largest absolute Gasteiger partial charge is 0.480 e. The van der Waals surface area contributed by atoms with Gasteiger partial charge in [-0.05, 0) is 30.2 Å². The van der Waals surface area contributed by atoms with Gasteiger partial charge in [-0.15, -0.1) is 0 Å². The van der Waals surface area contributed by atoms with Crippen LogP contribution in [0.3, 0.4) is 0 Å². The number of halogens is 2. The van der Waals surface area contributed by atoms with Gasteiger partial charge in [0.2, 0.25) is 0 Å². The van der Waals surface area contributed by atoms with Crippen LogP contribution in [-0.4, -0.2) is 32.2 Å². The second-order valence-corrected chi connectivity index (χ2v) is 7.73. The highest BCUT2D eigenvalue weighted by atomic mass is 35.5. The van der Waals surface area contributed by atoms with Crippen molar-refractivity contribution in [3.8, 4) is 0 Å². The Labute approximate surface area is 159 Å². The number of carboxylic acids is 1. The molecule has 1 atom stereocenters. The normalized spacial score (nSPS) is 17.6. The molecule has 24 heavy (non-hydrogen) atoms. The number of hydrogen-bond acceptors (Lipinski definition) is 4. The number of thiocarbonyl (C=S) groups is 1. The molecule has 1 N–H and O–H groups in total. The molecule has 1 aliphatic heterocycles. The van der Waals surface area contributed by atoms with E-state index in [-0.39, 0.29) is 4.32 Å². The molecule has 0 spiro atoms. The first-order valence-electron chi connectivity index (χ1n) is 7.30. The zero-order valence-corrected chi connectivity index (χ0v) is 15.9. The van der Waals surface area contributed by atoms with E-state index in [2.05, 4.69) is 0 Å². The number of aliphatic carboxylic acids is 1. The number of hydrogen-bond donors (Lipinski definition) is 1. The summed E-state index contributed by atoms with van der Waals surface area (Å²) in [5.41, 5.74) is 0.627. The highest BCUT2D eigenvalue weighted by Crippen LogP contribution is 2.36. The smallest absolute Gasteiger partial charge is 0.326 e. The van der Waals surface area contributed by atoms with Crippen molar-refractivity contribution in [1.29, 1.82) is 0 Å². The summed E-state index contributed by atoms with van der Waals surface area (Å²) in [6.45, 7) is 1.96. The Kier molecular flexibility index (Phi) is 6.69. The van der Waals surface area contributed by atoms with Crippen LogP contribution in [0.15, 0.2) is 23.1 Å². The lowest BCUT2D eigenvalue weighted by atomic mass is 10.1. The van der Waals surface area contributed by atoms with Crippen LogP contribution in [0.4, 0.5) is 0 Å². The van der Waals surface area contributed by atoms with Crippen molar-refractivity contribution in [2.75, 3.05) is 0 Å². The van der Waals surface area contributed by atoms with Crippen LogP contribution in [0.5, 0.6) is 0 Å². The molecule has 1 aromatic rings. The summed E-state index contributed by atoms with van der Waals surface area (Å²) >= 11 is 18.3. The van der Waals surface area contributed by atoms with Gasteiger partial charge >= 0.3 is 5.97 Å². The van der Waals surface area contributed by atoms with E-state index in [1.54, 1.807) is 24.3 Å². The van der Waals surface area contributed by atoms with Gasteiger partial charge in [0.05, 0.1) is 4.91 Å². The van der Waals surface area contributed by atoms with Gasteiger partial charge in [-0.1, -0.05) is 73.0 Å². The molecule has 0 bridgehead atoms. The maximum atomic E-state index is 12.6. The average molecular weight is 404 g/mol. The molecule has 2 rings (SSSR count). The number of unbranched alkanes of at least 4 members (excludes halogenated alkanes) is 1.